The Balaban J connectivity index is 2.60. The van der Waals surface area contributed by atoms with Gasteiger partial charge in [-0.05, 0) is 5.41 Å². The molecule has 0 atom stereocenters. The van der Waals surface area contributed by atoms with Crippen molar-refractivity contribution in [1.29, 1.82) is 0 Å². The van der Waals surface area contributed by atoms with Gasteiger partial charge in [-0.25, -0.2) is 0 Å². The van der Waals surface area contributed by atoms with E-state index < -0.39 is 0 Å². The van der Waals surface area contributed by atoms with Crippen molar-refractivity contribution in [2.45, 2.75) is 40.5 Å². The van der Waals surface area contributed by atoms with E-state index >= 15 is 0 Å². The third kappa shape index (κ3) is 4.14. The highest BCUT2D eigenvalue weighted by Gasteiger charge is 2.15. The quantitative estimate of drug-likeness (QED) is 0.834. The van der Waals surface area contributed by atoms with Crippen LogP contribution in [-0.4, -0.2) is 11.1 Å². The van der Waals surface area contributed by atoms with Crippen LogP contribution in [0.4, 0.5) is 5.82 Å². The van der Waals surface area contributed by atoms with Crippen LogP contribution in [0, 0.1) is 5.41 Å². The number of rotatable bonds is 3. The molecule has 1 amide bonds. The molecule has 0 saturated heterocycles. The summed E-state index contributed by atoms with van der Waals surface area (Å²) in [7, 11) is 0. The number of nitrogens with zero attached hydrogens (tertiary/aromatic N) is 1. The average molecular weight is 210 g/mol. The average Bonchev–Trinajstić information content (AvgIpc) is 2.49. The van der Waals surface area contributed by atoms with Crippen LogP contribution in [0.1, 0.15) is 39.9 Å². The van der Waals surface area contributed by atoms with E-state index in [0.29, 0.717) is 12.2 Å². The van der Waals surface area contributed by atoms with E-state index in [0.717, 1.165) is 12.2 Å². The van der Waals surface area contributed by atoms with Gasteiger partial charge in [0.05, 0.1) is 0 Å². The van der Waals surface area contributed by atoms with Gasteiger partial charge in [-0.2, -0.15) is 0 Å². The van der Waals surface area contributed by atoms with Crippen molar-refractivity contribution < 1.29 is 9.32 Å². The minimum absolute atomic E-state index is 0.0504. The first kappa shape index (κ1) is 11.8. The molecule has 0 radical (unpaired) electrons. The van der Waals surface area contributed by atoms with Gasteiger partial charge >= 0.3 is 0 Å². The van der Waals surface area contributed by atoms with Gasteiger partial charge in [0.25, 0.3) is 0 Å². The van der Waals surface area contributed by atoms with E-state index in [1.54, 1.807) is 13.0 Å². The Morgan fingerprint density at radius 1 is 1.53 bits per heavy atom. The molecule has 0 aromatic carbocycles. The zero-order valence-electron chi connectivity index (χ0n) is 9.76. The van der Waals surface area contributed by atoms with Gasteiger partial charge in [0.15, 0.2) is 5.82 Å². The van der Waals surface area contributed by atoms with Gasteiger partial charge in [-0.1, -0.05) is 32.9 Å². The molecule has 0 aliphatic carbocycles. The summed E-state index contributed by atoms with van der Waals surface area (Å²) in [4.78, 5) is 11.1. The smallest absolute Gasteiger partial charge is 0.225 e. The minimum atomic E-state index is -0.0504. The molecular formula is C11H18N2O2. The van der Waals surface area contributed by atoms with Gasteiger partial charge in [0.2, 0.25) is 5.91 Å². The second-order valence-corrected chi connectivity index (χ2v) is 4.82. The lowest BCUT2D eigenvalue weighted by molar-refractivity contribution is -0.115. The predicted octanol–water partition coefficient (Wildman–Crippen LogP) is 2.61. The number of hydrogen-bond donors (Lipinski definition) is 1. The molecule has 0 spiro atoms. The van der Waals surface area contributed by atoms with E-state index in [2.05, 4.69) is 31.2 Å². The maximum absolute atomic E-state index is 11.1. The summed E-state index contributed by atoms with van der Waals surface area (Å²) >= 11 is 0. The van der Waals surface area contributed by atoms with Crippen LogP contribution < -0.4 is 5.32 Å². The molecule has 1 heterocycles. The fraction of sp³-hybridized carbons (Fsp3) is 0.636. The molecule has 84 valence electrons. The van der Waals surface area contributed by atoms with Gasteiger partial charge < -0.3 is 9.84 Å². The molecule has 15 heavy (non-hydrogen) atoms. The lowest BCUT2D eigenvalue weighted by atomic mass is 9.91. The van der Waals surface area contributed by atoms with Crippen LogP contribution in [0.15, 0.2) is 10.6 Å². The van der Waals surface area contributed by atoms with Crippen LogP contribution >= 0.6 is 0 Å². The molecule has 0 unspecified atom stereocenters. The number of anilines is 1. The van der Waals surface area contributed by atoms with Gasteiger partial charge in [-0.3, -0.25) is 4.79 Å². The summed E-state index contributed by atoms with van der Waals surface area (Å²) < 4.78 is 5.12. The van der Waals surface area contributed by atoms with Crippen molar-refractivity contribution in [2.75, 3.05) is 5.32 Å². The summed E-state index contributed by atoms with van der Waals surface area (Å²) in [5.41, 5.74) is 0.158. The highest BCUT2D eigenvalue weighted by molar-refractivity contribution is 5.89. The fourth-order valence-corrected chi connectivity index (χ4v) is 1.21. The Hall–Kier alpha value is -1.32. The standard InChI is InChI=1S/C11H18N2O2/c1-5-10(14)12-9-6-8(15-13-9)7-11(2,3)4/h6H,5,7H2,1-4H3,(H,12,13,14). The third-order valence-corrected chi connectivity index (χ3v) is 1.85. The molecule has 0 aliphatic heterocycles. The maximum Gasteiger partial charge on any atom is 0.225 e. The van der Waals surface area contributed by atoms with E-state index in [1.807, 2.05) is 0 Å². The Kier molecular flexibility index (Phi) is 3.50. The molecule has 1 rings (SSSR count). The number of hydrogen-bond acceptors (Lipinski definition) is 3. The normalized spacial score (nSPS) is 11.5. The topological polar surface area (TPSA) is 55.1 Å². The molecule has 1 aromatic rings. The largest absolute Gasteiger partial charge is 0.359 e. The maximum atomic E-state index is 11.1. The molecule has 0 fully saturated rings. The van der Waals surface area contributed by atoms with Gasteiger partial charge in [0.1, 0.15) is 5.76 Å². The van der Waals surface area contributed by atoms with Crippen molar-refractivity contribution in [2.24, 2.45) is 5.41 Å². The lowest BCUT2D eigenvalue weighted by Crippen LogP contribution is -2.09. The van der Waals surface area contributed by atoms with Crippen LogP contribution in [0.5, 0.6) is 0 Å². The van der Waals surface area contributed by atoms with Crippen molar-refractivity contribution in [3.05, 3.63) is 11.8 Å². The van der Waals surface area contributed by atoms with Crippen molar-refractivity contribution in [1.82, 2.24) is 5.16 Å². The van der Waals surface area contributed by atoms with E-state index in [4.69, 9.17) is 4.52 Å². The SMILES string of the molecule is CCC(=O)Nc1cc(CC(C)(C)C)on1. The lowest BCUT2D eigenvalue weighted by Gasteiger charge is -2.14. The number of carbonyl (C=O) groups is 1. The van der Waals surface area contributed by atoms with Crippen LogP contribution in [-0.2, 0) is 11.2 Å². The highest BCUT2D eigenvalue weighted by atomic mass is 16.5. The molecule has 4 nitrogen and oxygen atoms in total. The Labute approximate surface area is 90.0 Å². The highest BCUT2D eigenvalue weighted by Crippen LogP contribution is 2.22. The third-order valence-electron chi connectivity index (χ3n) is 1.85. The molecule has 0 aliphatic rings. The van der Waals surface area contributed by atoms with Crippen molar-refractivity contribution >= 4 is 11.7 Å². The van der Waals surface area contributed by atoms with Gasteiger partial charge in [0, 0.05) is 18.9 Å². The Morgan fingerprint density at radius 2 is 2.20 bits per heavy atom. The Morgan fingerprint density at radius 3 is 2.73 bits per heavy atom. The van der Waals surface area contributed by atoms with Crippen molar-refractivity contribution in [3.63, 3.8) is 0 Å². The van der Waals surface area contributed by atoms with Crippen LogP contribution in [0.25, 0.3) is 0 Å². The predicted molar refractivity (Wildman–Crippen MR) is 58.6 cm³/mol. The van der Waals surface area contributed by atoms with E-state index in [-0.39, 0.29) is 11.3 Å². The summed E-state index contributed by atoms with van der Waals surface area (Å²) in [5.74, 6) is 1.25. The fourth-order valence-electron chi connectivity index (χ4n) is 1.21. The van der Waals surface area contributed by atoms with Gasteiger partial charge in [-0.15, -0.1) is 0 Å². The first-order valence-electron chi connectivity index (χ1n) is 5.16. The molecular weight excluding hydrogens is 192 g/mol. The molecule has 4 heteroatoms. The van der Waals surface area contributed by atoms with Crippen LogP contribution in [0.2, 0.25) is 0 Å². The zero-order valence-corrected chi connectivity index (χ0v) is 9.76. The number of carbonyl (C=O) groups excluding carboxylic acids is 1. The summed E-state index contributed by atoms with van der Waals surface area (Å²) in [5, 5.41) is 6.44. The minimum Gasteiger partial charge on any atom is -0.359 e. The molecule has 0 bridgehead atoms. The number of nitrogens with one attached hydrogen (secondary N) is 1. The van der Waals surface area contributed by atoms with E-state index in [1.165, 1.54) is 0 Å². The van der Waals surface area contributed by atoms with Crippen molar-refractivity contribution in [3.8, 4) is 0 Å². The molecule has 1 N–H and O–H groups in total. The molecule has 0 saturated carbocycles. The second-order valence-electron chi connectivity index (χ2n) is 4.82. The Bertz CT molecular complexity index is 337. The van der Waals surface area contributed by atoms with E-state index in [9.17, 15) is 4.79 Å². The first-order chi connectivity index (χ1) is 6.90. The van der Waals surface area contributed by atoms with Crippen LogP contribution in [0.3, 0.4) is 0 Å². The first-order valence-corrected chi connectivity index (χ1v) is 5.16. The summed E-state index contributed by atoms with van der Waals surface area (Å²) in [6, 6.07) is 1.78. The second kappa shape index (κ2) is 4.47. The molecule has 1 aromatic heterocycles. The monoisotopic (exact) mass is 210 g/mol. The summed E-state index contributed by atoms with van der Waals surface area (Å²) in [6.45, 7) is 8.17. The number of aromatic nitrogens is 1. The summed E-state index contributed by atoms with van der Waals surface area (Å²) in [6.07, 6.45) is 1.25. The number of amides is 1. The zero-order chi connectivity index (χ0) is 11.5.